The first-order valence-electron chi connectivity index (χ1n) is 9.87. The third kappa shape index (κ3) is 4.15. The fourth-order valence-corrected chi connectivity index (χ4v) is 3.30. The van der Waals surface area contributed by atoms with E-state index in [2.05, 4.69) is 15.0 Å². The molecule has 0 bridgehead atoms. The lowest BCUT2D eigenvalue weighted by Gasteiger charge is -2.22. The molecule has 8 heteroatoms. The highest BCUT2D eigenvalue weighted by Gasteiger charge is 2.15. The summed E-state index contributed by atoms with van der Waals surface area (Å²) in [6.45, 7) is 1.87. The molecule has 0 saturated heterocycles. The summed E-state index contributed by atoms with van der Waals surface area (Å²) < 4.78 is 16.1. The number of benzene rings is 2. The number of para-hydroxylation sites is 1. The van der Waals surface area contributed by atoms with Crippen molar-refractivity contribution in [2.24, 2.45) is 0 Å². The molecule has 0 aliphatic rings. The van der Waals surface area contributed by atoms with Gasteiger partial charge in [0.2, 0.25) is 5.88 Å². The molecule has 0 amide bonds. The Labute approximate surface area is 185 Å². The summed E-state index contributed by atoms with van der Waals surface area (Å²) in [4.78, 5) is 26.9. The summed E-state index contributed by atoms with van der Waals surface area (Å²) in [5.41, 5.74) is 2.06. The quantitative estimate of drug-likeness (QED) is 0.407. The van der Waals surface area contributed by atoms with E-state index in [1.807, 2.05) is 61.3 Å². The average molecular weight is 430 g/mol. The maximum Gasteiger partial charge on any atom is 0.339 e. The van der Waals surface area contributed by atoms with Gasteiger partial charge in [-0.25, -0.2) is 19.7 Å². The molecule has 0 N–H and O–H groups in total. The van der Waals surface area contributed by atoms with E-state index in [1.165, 1.54) is 13.3 Å². The molecule has 162 valence electrons. The van der Waals surface area contributed by atoms with Gasteiger partial charge >= 0.3 is 5.97 Å². The second-order valence-corrected chi connectivity index (χ2v) is 6.98. The monoisotopic (exact) mass is 430 g/mol. The standard InChI is InChI=1S/C24H22N4O4/c1-15-26-19-8-6-5-7-18(19)23(27-15)28(2)17-10-11-20(30-3)21(13-17)32-22-12-9-16(14-25-22)24(29)31-4/h5-14H,1-4H3. The summed E-state index contributed by atoms with van der Waals surface area (Å²) in [7, 11) is 4.83. The van der Waals surface area contributed by atoms with E-state index in [1.54, 1.807) is 19.2 Å². The molecule has 2 aromatic heterocycles. The lowest BCUT2D eigenvalue weighted by atomic mass is 10.2. The van der Waals surface area contributed by atoms with Gasteiger partial charge in [0.1, 0.15) is 11.6 Å². The number of aryl methyl sites for hydroxylation is 1. The van der Waals surface area contributed by atoms with Crippen LogP contribution in [0.4, 0.5) is 11.5 Å². The van der Waals surface area contributed by atoms with E-state index in [4.69, 9.17) is 14.2 Å². The maximum absolute atomic E-state index is 11.6. The lowest BCUT2D eigenvalue weighted by molar-refractivity contribution is 0.0600. The fourth-order valence-electron chi connectivity index (χ4n) is 3.30. The number of methoxy groups -OCH3 is 2. The van der Waals surface area contributed by atoms with Gasteiger partial charge in [0, 0.05) is 36.5 Å². The van der Waals surface area contributed by atoms with E-state index in [9.17, 15) is 4.79 Å². The van der Waals surface area contributed by atoms with Gasteiger partial charge in [0.05, 0.1) is 25.3 Å². The van der Waals surface area contributed by atoms with Gasteiger partial charge < -0.3 is 19.1 Å². The number of ether oxygens (including phenoxy) is 3. The molecular weight excluding hydrogens is 408 g/mol. The topological polar surface area (TPSA) is 86.7 Å². The van der Waals surface area contributed by atoms with Crippen molar-refractivity contribution in [3.8, 4) is 17.4 Å². The summed E-state index contributed by atoms with van der Waals surface area (Å²) >= 11 is 0. The Morgan fingerprint density at radius 1 is 0.969 bits per heavy atom. The van der Waals surface area contributed by atoms with Crippen molar-refractivity contribution in [3.05, 3.63) is 72.2 Å². The number of aromatic nitrogens is 3. The van der Waals surface area contributed by atoms with E-state index in [0.29, 0.717) is 28.8 Å². The number of rotatable bonds is 6. The number of carbonyl (C=O) groups excluding carboxylic acids is 1. The minimum Gasteiger partial charge on any atom is -0.493 e. The molecule has 0 spiro atoms. The number of anilines is 2. The van der Waals surface area contributed by atoms with Crippen LogP contribution in [-0.2, 0) is 4.74 Å². The van der Waals surface area contributed by atoms with Gasteiger partial charge in [0.15, 0.2) is 11.5 Å². The number of hydrogen-bond donors (Lipinski definition) is 0. The number of nitrogens with zero attached hydrogens (tertiary/aromatic N) is 4. The van der Waals surface area contributed by atoms with Crippen LogP contribution in [0.5, 0.6) is 17.4 Å². The van der Waals surface area contributed by atoms with Crippen molar-refractivity contribution in [2.45, 2.75) is 6.92 Å². The molecule has 4 rings (SSSR count). The van der Waals surface area contributed by atoms with Crippen LogP contribution >= 0.6 is 0 Å². The Morgan fingerprint density at radius 2 is 1.78 bits per heavy atom. The van der Waals surface area contributed by atoms with Crippen LogP contribution in [0.25, 0.3) is 10.9 Å². The first-order chi connectivity index (χ1) is 15.5. The molecule has 4 aromatic rings. The molecule has 0 radical (unpaired) electrons. The second kappa shape index (κ2) is 8.89. The molecule has 0 aliphatic carbocycles. The Balaban J connectivity index is 1.69. The Hall–Kier alpha value is -4.20. The third-order valence-electron chi connectivity index (χ3n) is 4.92. The van der Waals surface area contributed by atoms with Crippen molar-refractivity contribution >= 4 is 28.4 Å². The van der Waals surface area contributed by atoms with Crippen LogP contribution in [0.1, 0.15) is 16.2 Å². The van der Waals surface area contributed by atoms with E-state index < -0.39 is 5.97 Å². The molecule has 0 atom stereocenters. The first kappa shape index (κ1) is 21.0. The van der Waals surface area contributed by atoms with Gasteiger partial charge in [0.25, 0.3) is 0 Å². The zero-order valence-corrected chi connectivity index (χ0v) is 18.2. The Morgan fingerprint density at radius 3 is 2.50 bits per heavy atom. The molecule has 2 aromatic carbocycles. The SMILES string of the molecule is COC(=O)c1ccc(Oc2cc(N(C)c3nc(C)nc4ccccc34)ccc2OC)nc1. The predicted molar refractivity (Wildman–Crippen MR) is 121 cm³/mol. The van der Waals surface area contributed by atoms with Gasteiger partial charge in [-0.2, -0.15) is 0 Å². The maximum atomic E-state index is 11.6. The molecule has 32 heavy (non-hydrogen) atoms. The molecular formula is C24H22N4O4. The van der Waals surface area contributed by atoms with Crippen molar-refractivity contribution < 1.29 is 19.0 Å². The minimum absolute atomic E-state index is 0.319. The van der Waals surface area contributed by atoms with Gasteiger partial charge in [-0.05, 0) is 37.3 Å². The van der Waals surface area contributed by atoms with Gasteiger partial charge in [-0.15, -0.1) is 0 Å². The van der Waals surface area contributed by atoms with Crippen LogP contribution in [0.15, 0.2) is 60.8 Å². The summed E-state index contributed by atoms with van der Waals surface area (Å²) in [6.07, 6.45) is 1.40. The highest BCUT2D eigenvalue weighted by molar-refractivity contribution is 5.91. The van der Waals surface area contributed by atoms with E-state index in [-0.39, 0.29) is 0 Å². The van der Waals surface area contributed by atoms with Gasteiger partial charge in [-0.1, -0.05) is 12.1 Å². The minimum atomic E-state index is -0.461. The highest BCUT2D eigenvalue weighted by Crippen LogP contribution is 2.37. The number of fused-ring (bicyclic) bond motifs is 1. The Bertz CT molecular complexity index is 1270. The largest absolute Gasteiger partial charge is 0.493 e. The number of hydrogen-bond acceptors (Lipinski definition) is 8. The predicted octanol–water partition coefficient (Wildman–Crippen LogP) is 4.69. The smallest absolute Gasteiger partial charge is 0.339 e. The van der Waals surface area contributed by atoms with E-state index >= 15 is 0 Å². The first-order valence-corrected chi connectivity index (χ1v) is 9.87. The molecule has 2 heterocycles. The number of pyridine rings is 1. The van der Waals surface area contributed by atoms with Crippen molar-refractivity contribution in [2.75, 3.05) is 26.2 Å². The number of carbonyl (C=O) groups is 1. The molecule has 8 nitrogen and oxygen atoms in total. The molecule has 0 unspecified atom stereocenters. The fraction of sp³-hybridized carbons (Fsp3) is 0.167. The highest BCUT2D eigenvalue weighted by atomic mass is 16.5. The molecule has 0 aliphatic heterocycles. The normalized spacial score (nSPS) is 10.6. The van der Waals surface area contributed by atoms with Crippen LogP contribution in [-0.4, -0.2) is 42.2 Å². The van der Waals surface area contributed by atoms with Crippen molar-refractivity contribution in [1.82, 2.24) is 15.0 Å². The third-order valence-corrected chi connectivity index (χ3v) is 4.92. The summed E-state index contributed by atoms with van der Waals surface area (Å²) in [5, 5.41) is 0.943. The zero-order chi connectivity index (χ0) is 22.7. The summed E-state index contributed by atoms with van der Waals surface area (Å²) in [6, 6.07) is 16.7. The summed E-state index contributed by atoms with van der Waals surface area (Å²) in [5.74, 6) is 2.35. The van der Waals surface area contributed by atoms with Crippen LogP contribution < -0.4 is 14.4 Å². The van der Waals surface area contributed by atoms with Crippen molar-refractivity contribution in [3.63, 3.8) is 0 Å². The lowest BCUT2D eigenvalue weighted by Crippen LogP contribution is -2.13. The van der Waals surface area contributed by atoms with Crippen LogP contribution in [0.3, 0.4) is 0 Å². The number of esters is 1. The van der Waals surface area contributed by atoms with Crippen LogP contribution in [0, 0.1) is 6.92 Å². The van der Waals surface area contributed by atoms with Crippen molar-refractivity contribution in [1.29, 1.82) is 0 Å². The molecule has 0 fully saturated rings. The zero-order valence-electron chi connectivity index (χ0n) is 18.2. The molecule has 0 saturated carbocycles. The Kier molecular flexibility index (Phi) is 5.85. The average Bonchev–Trinajstić information content (AvgIpc) is 2.83. The van der Waals surface area contributed by atoms with E-state index in [0.717, 1.165) is 22.4 Å². The van der Waals surface area contributed by atoms with Crippen LogP contribution in [0.2, 0.25) is 0 Å². The second-order valence-electron chi connectivity index (χ2n) is 6.98. The van der Waals surface area contributed by atoms with Gasteiger partial charge in [-0.3, -0.25) is 0 Å².